The van der Waals surface area contributed by atoms with Gasteiger partial charge in [-0.3, -0.25) is 0 Å². The molecule has 0 unspecified atom stereocenters. The highest BCUT2D eigenvalue weighted by Gasteiger charge is 2.29. The average Bonchev–Trinajstić information content (AvgIpc) is 2.74. The zero-order chi connectivity index (χ0) is 12.5. The first-order valence-electron chi connectivity index (χ1n) is 5.60. The van der Waals surface area contributed by atoms with E-state index in [1.165, 1.54) is 22.3 Å². The fourth-order valence-corrected chi connectivity index (χ4v) is 3.57. The van der Waals surface area contributed by atoms with E-state index >= 15 is 0 Å². The van der Waals surface area contributed by atoms with E-state index in [1.807, 2.05) is 0 Å². The smallest absolute Gasteiger partial charge is 0.167 e. The molecule has 0 saturated heterocycles. The van der Waals surface area contributed by atoms with E-state index in [0.29, 0.717) is 5.17 Å². The van der Waals surface area contributed by atoms with Crippen molar-refractivity contribution in [3.63, 3.8) is 0 Å². The van der Waals surface area contributed by atoms with Gasteiger partial charge in [0.05, 0.1) is 21.4 Å². The molecule has 4 heteroatoms. The fraction of sp³-hybridized carbons (Fsp3) is 0.0714. The molecule has 0 spiro atoms. The maximum Gasteiger partial charge on any atom is 0.167 e. The first-order valence-corrected chi connectivity index (χ1v) is 7.19. The van der Waals surface area contributed by atoms with Gasteiger partial charge in [-0.25, -0.2) is 0 Å². The van der Waals surface area contributed by atoms with Gasteiger partial charge in [-0.2, -0.15) is 4.02 Å². The maximum absolute atomic E-state index is 5.83. The molecule has 0 saturated carbocycles. The van der Waals surface area contributed by atoms with Crippen LogP contribution in [0.3, 0.4) is 0 Å². The molecule has 2 aromatic rings. The van der Waals surface area contributed by atoms with Crippen LogP contribution < -0.4 is 5.73 Å². The second kappa shape index (κ2) is 4.78. The highest BCUT2D eigenvalue weighted by Crippen LogP contribution is 2.49. The van der Waals surface area contributed by atoms with Crippen LogP contribution in [0.1, 0.15) is 16.4 Å². The number of nitrogens with zero attached hydrogens (tertiary/aromatic N) is 1. The van der Waals surface area contributed by atoms with E-state index in [4.69, 9.17) is 5.73 Å². The standard InChI is InChI=1S/C14H11BrN2S/c15-17-14(16)18-13-11-7-3-1-5-9(11)10-6-2-4-8-12(10)13/h1-8,13H,(H2,16,17). The molecule has 3 rings (SSSR count). The van der Waals surface area contributed by atoms with Crippen LogP contribution in [0.15, 0.2) is 52.5 Å². The van der Waals surface area contributed by atoms with Gasteiger partial charge in [-0.05, 0) is 22.3 Å². The Morgan fingerprint density at radius 1 is 1.00 bits per heavy atom. The minimum absolute atomic E-state index is 0.235. The van der Waals surface area contributed by atoms with Crippen LogP contribution in [0.2, 0.25) is 0 Å². The lowest BCUT2D eigenvalue weighted by molar-refractivity contribution is 1.23. The monoisotopic (exact) mass is 318 g/mol. The zero-order valence-electron chi connectivity index (χ0n) is 9.51. The summed E-state index contributed by atoms with van der Waals surface area (Å²) in [7, 11) is 0. The van der Waals surface area contributed by atoms with Crippen molar-refractivity contribution in [2.24, 2.45) is 9.75 Å². The number of halogens is 1. The summed E-state index contributed by atoms with van der Waals surface area (Å²) >= 11 is 4.62. The van der Waals surface area contributed by atoms with Gasteiger partial charge in [0, 0.05) is 0 Å². The van der Waals surface area contributed by atoms with Crippen molar-refractivity contribution in [1.82, 2.24) is 0 Å². The maximum atomic E-state index is 5.83. The van der Waals surface area contributed by atoms with Crippen LogP contribution in [0, 0.1) is 0 Å². The highest BCUT2D eigenvalue weighted by molar-refractivity contribution is 9.08. The van der Waals surface area contributed by atoms with Crippen LogP contribution in [-0.4, -0.2) is 5.17 Å². The Kier molecular flexibility index (Phi) is 3.14. The summed E-state index contributed by atoms with van der Waals surface area (Å²) in [6, 6.07) is 16.9. The molecule has 0 aromatic heterocycles. The second-order valence-corrected chi connectivity index (χ2v) is 5.58. The van der Waals surface area contributed by atoms with E-state index in [9.17, 15) is 0 Å². The SMILES string of the molecule is NC(=NBr)SC1c2ccccc2-c2ccccc21. The third-order valence-corrected chi connectivity index (χ3v) is 4.79. The molecule has 18 heavy (non-hydrogen) atoms. The summed E-state index contributed by atoms with van der Waals surface area (Å²) in [6.45, 7) is 0. The molecular formula is C14H11BrN2S. The Labute approximate surface area is 119 Å². The number of nitrogens with two attached hydrogens (primary N) is 1. The van der Waals surface area contributed by atoms with Crippen molar-refractivity contribution in [2.45, 2.75) is 5.25 Å². The normalized spacial score (nSPS) is 14.4. The van der Waals surface area contributed by atoms with Crippen LogP contribution in [0.25, 0.3) is 11.1 Å². The molecule has 0 fully saturated rings. The number of benzene rings is 2. The van der Waals surface area contributed by atoms with Crippen molar-refractivity contribution in [2.75, 3.05) is 0 Å². The van der Waals surface area contributed by atoms with Crippen LogP contribution >= 0.6 is 27.9 Å². The average molecular weight is 319 g/mol. The lowest BCUT2D eigenvalue weighted by atomic mass is 10.1. The predicted octanol–water partition coefficient (Wildman–Crippen LogP) is 4.11. The molecule has 2 aromatic carbocycles. The van der Waals surface area contributed by atoms with Gasteiger partial charge in [0.25, 0.3) is 0 Å². The molecule has 0 bridgehead atoms. The number of thioether (sulfide) groups is 1. The second-order valence-electron chi connectivity index (χ2n) is 4.10. The molecule has 2 nitrogen and oxygen atoms in total. The van der Waals surface area contributed by atoms with Crippen LogP contribution in [-0.2, 0) is 0 Å². The number of hydrogen-bond acceptors (Lipinski definition) is 2. The van der Waals surface area contributed by atoms with Gasteiger partial charge >= 0.3 is 0 Å². The van der Waals surface area contributed by atoms with Gasteiger partial charge in [0.1, 0.15) is 0 Å². The Bertz CT molecular complexity index is 579. The van der Waals surface area contributed by atoms with E-state index in [1.54, 1.807) is 11.8 Å². The largest absolute Gasteiger partial charge is 0.378 e. The number of rotatable bonds is 1. The first kappa shape index (κ1) is 11.8. The predicted molar refractivity (Wildman–Crippen MR) is 81.9 cm³/mol. The number of amidine groups is 1. The molecule has 0 aliphatic heterocycles. The third-order valence-electron chi connectivity index (χ3n) is 3.10. The van der Waals surface area contributed by atoms with Crippen molar-refractivity contribution >= 4 is 33.1 Å². The Hall–Kier alpha value is -1.26. The topological polar surface area (TPSA) is 38.4 Å². The summed E-state index contributed by atoms with van der Waals surface area (Å²) in [5, 5.41) is 0.783. The van der Waals surface area contributed by atoms with Gasteiger partial charge in [0.2, 0.25) is 0 Å². The summed E-state index contributed by atoms with van der Waals surface area (Å²) in [5.74, 6) is 0. The minimum atomic E-state index is 0.235. The summed E-state index contributed by atoms with van der Waals surface area (Å²) in [4.78, 5) is 0. The van der Waals surface area contributed by atoms with E-state index in [-0.39, 0.29) is 5.25 Å². The van der Waals surface area contributed by atoms with Gasteiger partial charge in [-0.1, -0.05) is 60.3 Å². The lowest BCUT2D eigenvalue weighted by Gasteiger charge is -2.11. The van der Waals surface area contributed by atoms with E-state index in [0.717, 1.165) is 0 Å². The molecule has 0 amide bonds. The first-order chi connectivity index (χ1) is 8.81. The fourth-order valence-electron chi connectivity index (χ4n) is 2.38. The van der Waals surface area contributed by atoms with Crippen molar-refractivity contribution in [3.05, 3.63) is 59.7 Å². The summed E-state index contributed by atoms with van der Waals surface area (Å²) in [5.41, 5.74) is 11.0. The molecule has 2 N–H and O–H groups in total. The Morgan fingerprint density at radius 2 is 1.50 bits per heavy atom. The highest BCUT2D eigenvalue weighted by atomic mass is 79.9. The van der Waals surface area contributed by atoms with E-state index in [2.05, 4.69) is 68.7 Å². The van der Waals surface area contributed by atoms with Crippen molar-refractivity contribution in [1.29, 1.82) is 0 Å². The molecule has 0 heterocycles. The van der Waals surface area contributed by atoms with Crippen molar-refractivity contribution < 1.29 is 0 Å². The summed E-state index contributed by atoms with van der Waals surface area (Å²) < 4.78 is 3.87. The molecular weight excluding hydrogens is 308 g/mol. The van der Waals surface area contributed by atoms with Gasteiger partial charge in [0.15, 0.2) is 5.17 Å². The summed E-state index contributed by atoms with van der Waals surface area (Å²) in [6.07, 6.45) is 0. The van der Waals surface area contributed by atoms with Gasteiger partial charge in [-0.15, -0.1) is 0 Å². The molecule has 1 aliphatic carbocycles. The third kappa shape index (κ3) is 1.85. The molecule has 0 radical (unpaired) electrons. The van der Waals surface area contributed by atoms with Gasteiger partial charge < -0.3 is 5.73 Å². The minimum Gasteiger partial charge on any atom is -0.378 e. The van der Waals surface area contributed by atoms with Crippen LogP contribution in [0.4, 0.5) is 0 Å². The Morgan fingerprint density at radius 3 is 2.00 bits per heavy atom. The number of hydrogen-bond donors (Lipinski definition) is 1. The van der Waals surface area contributed by atoms with Crippen molar-refractivity contribution in [3.8, 4) is 11.1 Å². The molecule has 90 valence electrons. The van der Waals surface area contributed by atoms with E-state index < -0.39 is 0 Å². The Balaban J connectivity index is 2.15. The molecule has 1 aliphatic rings. The lowest BCUT2D eigenvalue weighted by Crippen LogP contribution is -2.08. The molecule has 0 atom stereocenters. The zero-order valence-corrected chi connectivity index (χ0v) is 11.9. The van der Waals surface area contributed by atoms with Crippen LogP contribution in [0.5, 0.6) is 0 Å². The number of fused-ring (bicyclic) bond motifs is 3. The quantitative estimate of drug-likeness (QED) is 0.634.